The second kappa shape index (κ2) is 6.47. The Bertz CT molecular complexity index is 225. The molecular weight excluding hydrogens is 226 g/mol. The van der Waals surface area contributed by atoms with E-state index in [1.807, 2.05) is 11.8 Å². The number of hydrogen-bond donors (Lipinski definition) is 1. The summed E-state index contributed by atoms with van der Waals surface area (Å²) in [6, 6.07) is 0.741. The van der Waals surface area contributed by atoms with Gasteiger partial charge in [0.2, 0.25) is 0 Å². The zero-order chi connectivity index (χ0) is 13.1. The Balaban J connectivity index is 2.52. The van der Waals surface area contributed by atoms with E-state index in [4.69, 9.17) is 0 Å². The Kier molecular flexibility index (Phi) is 5.85. The molecule has 3 atom stereocenters. The Morgan fingerprint density at radius 1 is 1.29 bits per heavy atom. The van der Waals surface area contributed by atoms with E-state index in [1.54, 1.807) is 0 Å². The lowest BCUT2D eigenvalue weighted by Crippen LogP contribution is -2.47. The van der Waals surface area contributed by atoms with Crippen molar-refractivity contribution in [3.63, 3.8) is 0 Å². The molecule has 1 nitrogen and oxygen atoms in total. The molecule has 2 heteroatoms. The van der Waals surface area contributed by atoms with Crippen LogP contribution in [0.5, 0.6) is 0 Å². The van der Waals surface area contributed by atoms with Gasteiger partial charge in [-0.3, -0.25) is 0 Å². The van der Waals surface area contributed by atoms with Crippen molar-refractivity contribution in [2.24, 2.45) is 17.8 Å². The lowest BCUT2D eigenvalue weighted by Gasteiger charge is -2.39. The van der Waals surface area contributed by atoms with Crippen molar-refractivity contribution in [3.8, 4) is 0 Å². The normalized spacial score (nSPS) is 30.9. The molecule has 0 heterocycles. The molecule has 1 rings (SSSR count). The molecule has 0 spiro atoms. The molecule has 1 aliphatic carbocycles. The highest BCUT2D eigenvalue weighted by Gasteiger charge is 2.31. The van der Waals surface area contributed by atoms with Crippen molar-refractivity contribution in [1.29, 1.82) is 0 Å². The van der Waals surface area contributed by atoms with E-state index in [0.29, 0.717) is 4.75 Å². The summed E-state index contributed by atoms with van der Waals surface area (Å²) < 4.78 is 0.363. The van der Waals surface area contributed by atoms with E-state index < -0.39 is 0 Å². The van der Waals surface area contributed by atoms with Crippen molar-refractivity contribution in [3.05, 3.63) is 0 Å². The van der Waals surface area contributed by atoms with Crippen molar-refractivity contribution in [2.45, 2.75) is 64.7 Å². The van der Waals surface area contributed by atoms with Crippen molar-refractivity contribution >= 4 is 11.8 Å². The van der Waals surface area contributed by atoms with Crippen molar-refractivity contribution in [1.82, 2.24) is 5.32 Å². The molecule has 0 radical (unpaired) electrons. The summed E-state index contributed by atoms with van der Waals surface area (Å²) >= 11 is 1.96. The van der Waals surface area contributed by atoms with Gasteiger partial charge >= 0.3 is 0 Å². The van der Waals surface area contributed by atoms with Gasteiger partial charge in [0.15, 0.2) is 0 Å². The molecule has 0 aliphatic heterocycles. The van der Waals surface area contributed by atoms with Crippen LogP contribution in [0.1, 0.15) is 53.9 Å². The number of thioether (sulfide) groups is 1. The van der Waals surface area contributed by atoms with E-state index in [9.17, 15) is 0 Å². The monoisotopic (exact) mass is 257 g/mol. The molecule has 0 bridgehead atoms. The number of nitrogens with one attached hydrogen (secondary N) is 1. The molecule has 17 heavy (non-hydrogen) atoms. The largest absolute Gasteiger partial charge is 0.312 e. The van der Waals surface area contributed by atoms with Gasteiger partial charge in [-0.2, -0.15) is 11.8 Å². The Hall–Kier alpha value is 0.310. The fourth-order valence-corrected chi connectivity index (χ4v) is 3.11. The summed E-state index contributed by atoms with van der Waals surface area (Å²) in [5.41, 5.74) is 0. The van der Waals surface area contributed by atoms with E-state index in [2.05, 4.69) is 46.2 Å². The predicted molar refractivity (Wildman–Crippen MR) is 80.7 cm³/mol. The van der Waals surface area contributed by atoms with Crippen LogP contribution in [0.25, 0.3) is 0 Å². The van der Waals surface area contributed by atoms with Gasteiger partial charge in [0.25, 0.3) is 0 Å². The van der Waals surface area contributed by atoms with E-state index in [0.717, 1.165) is 30.3 Å². The first-order chi connectivity index (χ1) is 7.85. The molecule has 0 saturated heterocycles. The van der Waals surface area contributed by atoms with Crippen LogP contribution in [0.3, 0.4) is 0 Å². The Labute approximate surface area is 113 Å². The van der Waals surface area contributed by atoms with Crippen LogP contribution in [0.4, 0.5) is 0 Å². The third kappa shape index (κ3) is 4.82. The summed E-state index contributed by atoms with van der Waals surface area (Å²) in [5, 5.41) is 3.85. The van der Waals surface area contributed by atoms with Crippen LogP contribution in [-0.4, -0.2) is 23.6 Å². The molecule has 1 fully saturated rings. The van der Waals surface area contributed by atoms with Gasteiger partial charge < -0.3 is 5.32 Å². The van der Waals surface area contributed by atoms with Gasteiger partial charge in [0, 0.05) is 17.3 Å². The maximum absolute atomic E-state index is 3.85. The first kappa shape index (κ1) is 15.4. The summed E-state index contributed by atoms with van der Waals surface area (Å²) in [4.78, 5) is 0. The summed E-state index contributed by atoms with van der Waals surface area (Å²) in [7, 11) is 0. The van der Waals surface area contributed by atoms with Gasteiger partial charge in [-0.1, -0.05) is 27.2 Å². The summed E-state index contributed by atoms with van der Waals surface area (Å²) in [6.45, 7) is 13.0. The minimum absolute atomic E-state index is 0.363. The standard InChI is InChI=1S/C15H31NS/c1-11(2)13-8-7-12(3)9-14(13)16-10-15(4,5)17-6/h11-14,16H,7-10H2,1-6H3. The number of hydrogen-bond acceptors (Lipinski definition) is 2. The van der Waals surface area contributed by atoms with E-state index in [-0.39, 0.29) is 0 Å². The van der Waals surface area contributed by atoms with Gasteiger partial charge in [-0.25, -0.2) is 0 Å². The summed E-state index contributed by atoms with van der Waals surface area (Å²) in [5.74, 6) is 2.60. The molecule has 1 N–H and O–H groups in total. The molecule has 0 aromatic carbocycles. The molecule has 3 unspecified atom stereocenters. The van der Waals surface area contributed by atoms with Crippen LogP contribution in [-0.2, 0) is 0 Å². The highest BCUT2D eigenvalue weighted by atomic mass is 32.2. The van der Waals surface area contributed by atoms with Crippen molar-refractivity contribution in [2.75, 3.05) is 12.8 Å². The summed E-state index contributed by atoms with van der Waals surface area (Å²) in [6.07, 6.45) is 6.42. The molecule has 1 aliphatic rings. The first-order valence-corrected chi connectivity index (χ1v) is 8.36. The van der Waals surface area contributed by atoms with Gasteiger partial charge in [0.05, 0.1) is 0 Å². The van der Waals surface area contributed by atoms with E-state index >= 15 is 0 Å². The molecule has 0 aromatic rings. The van der Waals surface area contributed by atoms with Crippen LogP contribution >= 0.6 is 11.8 Å². The highest BCUT2D eigenvalue weighted by Crippen LogP contribution is 2.34. The maximum atomic E-state index is 3.85. The fourth-order valence-electron chi connectivity index (χ4n) is 2.89. The molecular formula is C15H31NS. The Morgan fingerprint density at radius 2 is 1.94 bits per heavy atom. The van der Waals surface area contributed by atoms with Gasteiger partial charge in [0.1, 0.15) is 0 Å². The van der Waals surface area contributed by atoms with Crippen LogP contribution in [0, 0.1) is 17.8 Å². The third-order valence-corrected chi connectivity index (χ3v) is 5.61. The molecule has 0 aromatic heterocycles. The minimum Gasteiger partial charge on any atom is -0.312 e. The highest BCUT2D eigenvalue weighted by molar-refractivity contribution is 7.99. The van der Waals surface area contributed by atoms with Gasteiger partial charge in [-0.15, -0.1) is 0 Å². The van der Waals surface area contributed by atoms with Gasteiger partial charge in [-0.05, 0) is 50.7 Å². The lowest BCUT2D eigenvalue weighted by molar-refractivity contribution is 0.168. The van der Waals surface area contributed by atoms with E-state index in [1.165, 1.54) is 19.3 Å². The first-order valence-electron chi connectivity index (χ1n) is 7.14. The molecule has 1 saturated carbocycles. The van der Waals surface area contributed by atoms with Crippen molar-refractivity contribution < 1.29 is 0 Å². The quantitative estimate of drug-likeness (QED) is 0.793. The fraction of sp³-hybridized carbons (Fsp3) is 1.00. The second-order valence-corrected chi connectivity index (χ2v) is 8.29. The third-order valence-electron chi connectivity index (χ3n) is 4.36. The zero-order valence-corrected chi connectivity index (χ0v) is 13.4. The molecule has 0 amide bonds. The predicted octanol–water partition coefficient (Wildman–Crippen LogP) is 4.18. The average Bonchev–Trinajstić information content (AvgIpc) is 2.26. The topological polar surface area (TPSA) is 12.0 Å². The SMILES string of the molecule is CSC(C)(C)CNC1CC(C)CCC1C(C)C. The minimum atomic E-state index is 0.363. The number of rotatable bonds is 5. The smallest absolute Gasteiger partial charge is 0.0225 e. The van der Waals surface area contributed by atoms with Crippen LogP contribution in [0.15, 0.2) is 0 Å². The lowest BCUT2D eigenvalue weighted by atomic mass is 9.74. The molecule has 102 valence electrons. The maximum Gasteiger partial charge on any atom is 0.0225 e. The van der Waals surface area contributed by atoms with Crippen LogP contribution < -0.4 is 5.32 Å². The van der Waals surface area contributed by atoms with Crippen LogP contribution in [0.2, 0.25) is 0 Å². The second-order valence-electron chi connectivity index (χ2n) is 6.78. The Morgan fingerprint density at radius 3 is 2.47 bits per heavy atom. The average molecular weight is 257 g/mol. The zero-order valence-electron chi connectivity index (χ0n) is 12.5.